The summed E-state index contributed by atoms with van der Waals surface area (Å²) in [6.45, 7) is 8.01. The van der Waals surface area contributed by atoms with Gasteiger partial charge in [0.05, 0.1) is 10.6 Å². The summed E-state index contributed by atoms with van der Waals surface area (Å²) < 4.78 is 29.1. The van der Waals surface area contributed by atoms with Crippen molar-refractivity contribution in [1.82, 2.24) is 10.2 Å². The number of amides is 2. The Bertz CT molecular complexity index is 1340. The van der Waals surface area contributed by atoms with Crippen molar-refractivity contribution in [3.05, 3.63) is 95.6 Å². The lowest BCUT2D eigenvalue weighted by Crippen LogP contribution is -2.52. The predicted molar refractivity (Wildman–Crippen MR) is 156 cm³/mol. The minimum atomic E-state index is -4.08. The highest BCUT2D eigenvalue weighted by Gasteiger charge is 2.34. The Morgan fingerprint density at radius 2 is 1.51 bits per heavy atom. The fourth-order valence-electron chi connectivity index (χ4n) is 4.46. The second kappa shape index (κ2) is 13.9. The van der Waals surface area contributed by atoms with E-state index in [4.69, 9.17) is 0 Å². The maximum atomic E-state index is 14.1. The van der Waals surface area contributed by atoms with E-state index >= 15 is 0 Å². The molecule has 39 heavy (non-hydrogen) atoms. The van der Waals surface area contributed by atoms with Crippen LogP contribution in [0.15, 0.2) is 83.8 Å². The van der Waals surface area contributed by atoms with E-state index in [0.29, 0.717) is 25.1 Å². The summed E-state index contributed by atoms with van der Waals surface area (Å²) in [6, 6.07) is 22.4. The van der Waals surface area contributed by atoms with Gasteiger partial charge in [0, 0.05) is 13.1 Å². The maximum absolute atomic E-state index is 14.1. The van der Waals surface area contributed by atoms with Crippen molar-refractivity contribution in [2.75, 3.05) is 17.4 Å². The highest BCUT2D eigenvalue weighted by molar-refractivity contribution is 7.92. The first-order chi connectivity index (χ1) is 18.7. The first-order valence-electron chi connectivity index (χ1n) is 13.5. The molecule has 0 fully saturated rings. The maximum Gasteiger partial charge on any atom is 0.264 e. The number of carbonyl (C=O) groups excluding carboxylic acids is 2. The number of aryl methyl sites for hydroxylation is 2. The first-order valence-corrected chi connectivity index (χ1v) is 14.9. The summed E-state index contributed by atoms with van der Waals surface area (Å²) in [6.07, 6.45) is 1.75. The van der Waals surface area contributed by atoms with Crippen LogP contribution in [0.1, 0.15) is 50.3 Å². The van der Waals surface area contributed by atoms with Crippen molar-refractivity contribution < 1.29 is 18.0 Å². The highest BCUT2D eigenvalue weighted by Crippen LogP contribution is 2.28. The van der Waals surface area contributed by atoms with Gasteiger partial charge in [0.15, 0.2) is 0 Å². The summed E-state index contributed by atoms with van der Waals surface area (Å²) >= 11 is 0. The van der Waals surface area contributed by atoms with Gasteiger partial charge in [-0.25, -0.2) is 8.42 Å². The molecule has 0 aromatic heterocycles. The van der Waals surface area contributed by atoms with Crippen molar-refractivity contribution in [3.63, 3.8) is 0 Å². The van der Waals surface area contributed by atoms with Crippen LogP contribution >= 0.6 is 0 Å². The molecular weight excluding hydrogens is 510 g/mol. The summed E-state index contributed by atoms with van der Waals surface area (Å²) in [5, 5.41) is 2.91. The molecule has 8 heteroatoms. The lowest BCUT2D eigenvalue weighted by Gasteiger charge is -2.33. The van der Waals surface area contributed by atoms with Crippen LogP contribution in [-0.4, -0.2) is 44.3 Å². The van der Waals surface area contributed by atoms with Gasteiger partial charge in [-0.3, -0.25) is 13.9 Å². The zero-order valence-corrected chi connectivity index (χ0v) is 24.1. The zero-order valence-electron chi connectivity index (χ0n) is 23.3. The summed E-state index contributed by atoms with van der Waals surface area (Å²) in [5.74, 6) is -0.689. The molecule has 0 aliphatic rings. The number of carbonyl (C=O) groups is 2. The molecule has 0 saturated carbocycles. The Kier molecular flexibility index (Phi) is 10.7. The van der Waals surface area contributed by atoms with Crippen molar-refractivity contribution in [2.24, 2.45) is 0 Å². The number of sulfonamides is 1. The molecule has 1 unspecified atom stereocenters. The average Bonchev–Trinajstić information content (AvgIpc) is 2.95. The lowest BCUT2D eigenvalue weighted by atomic mass is 10.1. The van der Waals surface area contributed by atoms with Gasteiger partial charge < -0.3 is 10.2 Å². The van der Waals surface area contributed by atoms with Gasteiger partial charge in [0.1, 0.15) is 12.6 Å². The molecule has 0 radical (unpaired) electrons. The van der Waals surface area contributed by atoms with Crippen LogP contribution in [0.5, 0.6) is 0 Å². The van der Waals surface area contributed by atoms with Gasteiger partial charge in [-0.05, 0) is 55.5 Å². The van der Waals surface area contributed by atoms with E-state index in [1.54, 1.807) is 30.3 Å². The van der Waals surface area contributed by atoms with Gasteiger partial charge in [-0.2, -0.15) is 0 Å². The normalized spacial score (nSPS) is 12.0. The van der Waals surface area contributed by atoms with E-state index in [1.807, 2.05) is 64.1 Å². The Labute approximate surface area is 232 Å². The van der Waals surface area contributed by atoms with Crippen LogP contribution in [-0.2, 0) is 32.6 Å². The molecule has 0 aliphatic carbocycles. The number of benzene rings is 3. The van der Waals surface area contributed by atoms with Crippen molar-refractivity contribution in [3.8, 4) is 0 Å². The number of nitrogens with zero attached hydrogens (tertiary/aromatic N) is 2. The number of anilines is 1. The fraction of sp³-hybridized carbons (Fsp3) is 0.355. The topological polar surface area (TPSA) is 86.8 Å². The van der Waals surface area contributed by atoms with Gasteiger partial charge in [-0.1, -0.05) is 87.0 Å². The molecule has 3 aromatic carbocycles. The molecule has 0 bridgehead atoms. The molecule has 1 N–H and O–H groups in total. The Balaban J connectivity index is 2.07. The predicted octanol–water partition coefficient (Wildman–Crippen LogP) is 5.09. The minimum Gasteiger partial charge on any atom is -0.354 e. The van der Waals surface area contributed by atoms with Crippen LogP contribution in [0.3, 0.4) is 0 Å². The van der Waals surface area contributed by atoms with Crippen LogP contribution in [0.2, 0.25) is 0 Å². The third kappa shape index (κ3) is 7.47. The van der Waals surface area contributed by atoms with Crippen LogP contribution < -0.4 is 9.62 Å². The second-order valence-corrected chi connectivity index (χ2v) is 11.4. The van der Waals surface area contributed by atoms with E-state index < -0.39 is 28.5 Å². The van der Waals surface area contributed by atoms with E-state index in [0.717, 1.165) is 23.1 Å². The second-order valence-electron chi connectivity index (χ2n) is 9.53. The van der Waals surface area contributed by atoms with Crippen LogP contribution in [0, 0.1) is 6.92 Å². The zero-order chi connectivity index (χ0) is 28.4. The van der Waals surface area contributed by atoms with Crippen molar-refractivity contribution >= 4 is 27.5 Å². The largest absolute Gasteiger partial charge is 0.354 e. The molecule has 0 spiro atoms. The molecule has 208 valence electrons. The fourth-order valence-corrected chi connectivity index (χ4v) is 5.93. The molecule has 0 saturated heterocycles. The number of hydrogen-bond acceptors (Lipinski definition) is 4. The van der Waals surface area contributed by atoms with Gasteiger partial charge in [-0.15, -0.1) is 0 Å². The van der Waals surface area contributed by atoms with E-state index in [2.05, 4.69) is 5.32 Å². The molecular formula is C31H39N3O4S. The average molecular weight is 550 g/mol. The number of hydrogen-bond donors (Lipinski definition) is 1. The Hall–Kier alpha value is -3.65. The summed E-state index contributed by atoms with van der Waals surface area (Å²) in [7, 11) is -4.08. The summed E-state index contributed by atoms with van der Waals surface area (Å²) in [5.41, 5.74) is 3.21. The monoisotopic (exact) mass is 549 g/mol. The molecule has 3 rings (SSSR count). The van der Waals surface area contributed by atoms with E-state index in [-0.39, 0.29) is 17.3 Å². The molecule has 0 aliphatic heterocycles. The van der Waals surface area contributed by atoms with E-state index in [9.17, 15) is 18.0 Å². The molecule has 0 heterocycles. The lowest BCUT2D eigenvalue weighted by molar-refractivity contribution is -0.140. The smallest absolute Gasteiger partial charge is 0.264 e. The van der Waals surface area contributed by atoms with Gasteiger partial charge >= 0.3 is 0 Å². The number of para-hydroxylation sites is 1. The van der Waals surface area contributed by atoms with Gasteiger partial charge in [0.2, 0.25) is 11.8 Å². The third-order valence-electron chi connectivity index (χ3n) is 6.66. The first kappa shape index (κ1) is 29.9. The van der Waals surface area contributed by atoms with Crippen molar-refractivity contribution in [1.29, 1.82) is 0 Å². The van der Waals surface area contributed by atoms with Crippen molar-refractivity contribution in [2.45, 2.75) is 64.4 Å². The Morgan fingerprint density at radius 1 is 0.872 bits per heavy atom. The SMILES string of the molecule is CCCNC(=O)C(CC)N(Cc1ccc(C)cc1)C(=O)CN(c1ccccc1CC)S(=O)(=O)c1ccccc1. The standard InChI is InChI=1S/C31H39N3O4S/c1-5-21-32-31(36)28(7-3)33(22-25-19-17-24(4)18-20-25)30(35)23-34(29-16-12-11-13-26(29)6-2)39(37,38)27-14-9-8-10-15-27/h8-20,28H,5-7,21-23H2,1-4H3,(H,32,36). The van der Waals surface area contributed by atoms with E-state index in [1.165, 1.54) is 21.3 Å². The Morgan fingerprint density at radius 3 is 2.13 bits per heavy atom. The van der Waals surface area contributed by atoms with Crippen LogP contribution in [0.4, 0.5) is 5.69 Å². The molecule has 1 atom stereocenters. The highest BCUT2D eigenvalue weighted by atomic mass is 32.2. The number of nitrogens with one attached hydrogen (secondary N) is 1. The molecule has 2 amide bonds. The molecule has 3 aromatic rings. The third-order valence-corrected chi connectivity index (χ3v) is 8.43. The van der Waals surface area contributed by atoms with Gasteiger partial charge in [0.25, 0.3) is 10.0 Å². The molecule has 7 nitrogen and oxygen atoms in total. The quantitative estimate of drug-likeness (QED) is 0.322. The van der Waals surface area contributed by atoms with Crippen LogP contribution in [0.25, 0.3) is 0 Å². The number of rotatable bonds is 13. The summed E-state index contributed by atoms with van der Waals surface area (Å²) in [4.78, 5) is 28.9. The minimum absolute atomic E-state index is 0.0986.